The van der Waals surface area contributed by atoms with Gasteiger partial charge in [0.1, 0.15) is 5.69 Å². The van der Waals surface area contributed by atoms with E-state index in [-0.39, 0.29) is 5.69 Å². The summed E-state index contributed by atoms with van der Waals surface area (Å²) in [6, 6.07) is 11.7. The van der Waals surface area contributed by atoms with Gasteiger partial charge in [-0.1, -0.05) is 18.2 Å². The third-order valence-electron chi connectivity index (χ3n) is 4.76. The van der Waals surface area contributed by atoms with Crippen LogP contribution in [-0.4, -0.2) is 32.1 Å². The molecule has 1 saturated heterocycles. The summed E-state index contributed by atoms with van der Waals surface area (Å²) in [5.41, 5.74) is 10.0. The number of hydrogen-bond acceptors (Lipinski definition) is 5. The molecule has 2 N–H and O–H groups in total. The average molecular weight is 338 g/mol. The lowest BCUT2D eigenvalue weighted by Crippen LogP contribution is -2.46. The van der Waals surface area contributed by atoms with E-state index in [9.17, 15) is 9.70 Å². The molecule has 130 valence electrons. The van der Waals surface area contributed by atoms with Gasteiger partial charge in [0.15, 0.2) is 0 Å². The first-order valence-electron chi connectivity index (χ1n) is 8.34. The van der Waals surface area contributed by atoms with E-state index in [0.29, 0.717) is 5.56 Å². The molecule has 2 aromatic carbocycles. The Balaban J connectivity index is 1.81. The molecule has 2 aromatic rings. The minimum atomic E-state index is -0.543. The molecule has 0 atom stereocenters. The Morgan fingerprint density at radius 1 is 0.960 bits per heavy atom. The maximum atomic E-state index is 11.5. The molecule has 0 bridgehead atoms. The highest BCUT2D eigenvalue weighted by atomic mass is 16.3. The van der Waals surface area contributed by atoms with Gasteiger partial charge >= 0.3 is 0 Å². The lowest BCUT2D eigenvalue weighted by Gasteiger charge is -2.38. The van der Waals surface area contributed by atoms with Gasteiger partial charge in [0.25, 0.3) is 0 Å². The summed E-state index contributed by atoms with van der Waals surface area (Å²) in [5, 5.41) is 3.11. The van der Waals surface area contributed by atoms with Crippen molar-refractivity contribution in [3.8, 4) is 0 Å². The molecular weight excluding hydrogens is 316 g/mol. The number of amides is 1. The minimum absolute atomic E-state index is 0.267. The fourth-order valence-corrected chi connectivity index (χ4v) is 3.38. The fourth-order valence-electron chi connectivity index (χ4n) is 3.38. The number of carbonyl (C=O) groups is 1. The van der Waals surface area contributed by atoms with E-state index in [1.165, 1.54) is 17.3 Å². The highest BCUT2D eigenvalue weighted by Gasteiger charge is 2.22. The predicted octanol–water partition coefficient (Wildman–Crippen LogP) is 3.13. The number of nitroso groups, excluding NO2 is 1. The maximum absolute atomic E-state index is 11.5. The van der Waals surface area contributed by atoms with E-state index in [4.69, 9.17) is 5.73 Å². The van der Waals surface area contributed by atoms with Gasteiger partial charge in [-0.25, -0.2) is 0 Å². The minimum Gasteiger partial charge on any atom is -0.368 e. The van der Waals surface area contributed by atoms with E-state index in [2.05, 4.69) is 40.1 Å². The molecule has 0 aromatic heterocycles. The summed E-state index contributed by atoms with van der Waals surface area (Å²) >= 11 is 0. The molecule has 0 radical (unpaired) electrons. The average Bonchev–Trinajstić information content (AvgIpc) is 2.62. The van der Waals surface area contributed by atoms with Gasteiger partial charge in [-0.15, -0.1) is 4.91 Å². The van der Waals surface area contributed by atoms with Crippen molar-refractivity contribution in [2.75, 3.05) is 36.0 Å². The molecular formula is C19H22N4O2. The number of anilines is 2. The first kappa shape index (κ1) is 17.0. The second-order valence-electron chi connectivity index (χ2n) is 6.37. The van der Waals surface area contributed by atoms with Crippen LogP contribution in [0.5, 0.6) is 0 Å². The van der Waals surface area contributed by atoms with Gasteiger partial charge in [-0.2, -0.15) is 0 Å². The molecule has 1 amide bonds. The lowest BCUT2D eigenvalue weighted by atomic mass is 10.0. The van der Waals surface area contributed by atoms with E-state index < -0.39 is 5.91 Å². The number of rotatable bonds is 4. The number of primary amides is 1. The number of piperazine rings is 1. The van der Waals surface area contributed by atoms with Crippen molar-refractivity contribution in [2.24, 2.45) is 10.9 Å². The van der Waals surface area contributed by atoms with Crippen LogP contribution in [0, 0.1) is 18.8 Å². The number of hydrogen-bond donors (Lipinski definition) is 1. The van der Waals surface area contributed by atoms with Crippen LogP contribution in [0.25, 0.3) is 0 Å². The van der Waals surface area contributed by atoms with E-state index in [1.54, 1.807) is 0 Å². The Bertz CT molecular complexity index is 811. The van der Waals surface area contributed by atoms with E-state index >= 15 is 0 Å². The van der Waals surface area contributed by atoms with Crippen molar-refractivity contribution in [1.29, 1.82) is 0 Å². The smallest absolute Gasteiger partial charge is 0.249 e. The molecule has 1 aliphatic rings. The van der Waals surface area contributed by atoms with Crippen LogP contribution in [0.15, 0.2) is 41.6 Å². The molecule has 6 heteroatoms. The van der Waals surface area contributed by atoms with Crippen LogP contribution in [0.2, 0.25) is 0 Å². The fraction of sp³-hybridized carbons (Fsp3) is 0.316. The molecule has 1 fully saturated rings. The van der Waals surface area contributed by atoms with Crippen molar-refractivity contribution in [2.45, 2.75) is 13.8 Å². The van der Waals surface area contributed by atoms with E-state index in [0.717, 1.165) is 37.4 Å². The van der Waals surface area contributed by atoms with Gasteiger partial charge in [0.05, 0.1) is 5.69 Å². The number of para-hydroxylation sites is 1. The van der Waals surface area contributed by atoms with Crippen molar-refractivity contribution < 1.29 is 4.79 Å². The normalized spacial score (nSPS) is 14.5. The summed E-state index contributed by atoms with van der Waals surface area (Å²) in [5.74, 6) is -0.543. The van der Waals surface area contributed by atoms with Crippen molar-refractivity contribution in [1.82, 2.24) is 0 Å². The van der Waals surface area contributed by atoms with Crippen molar-refractivity contribution in [3.05, 3.63) is 58.0 Å². The van der Waals surface area contributed by atoms with Crippen LogP contribution in [0.1, 0.15) is 21.5 Å². The van der Waals surface area contributed by atoms with Crippen LogP contribution in [-0.2, 0) is 0 Å². The molecule has 0 aliphatic carbocycles. The zero-order valence-electron chi connectivity index (χ0n) is 14.5. The molecule has 1 heterocycles. The highest BCUT2D eigenvalue weighted by molar-refractivity contribution is 5.96. The third-order valence-corrected chi connectivity index (χ3v) is 4.76. The van der Waals surface area contributed by atoms with Gasteiger partial charge in [-0.3, -0.25) is 4.79 Å². The number of nitrogens with two attached hydrogens (primary N) is 1. The molecule has 6 nitrogen and oxygen atoms in total. The number of nitrogens with zero attached hydrogens (tertiary/aromatic N) is 3. The lowest BCUT2D eigenvalue weighted by molar-refractivity contribution is 0.1000. The summed E-state index contributed by atoms with van der Waals surface area (Å²) in [6.45, 7) is 7.22. The zero-order valence-corrected chi connectivity index (χ0v) is 14.5. The third kappa shape index (κ3) is 3.33. The van der Waals surface area contributed by atoms with Crippen LogP contribution < -0.4 is 15.5 Å². The Hall–Kier alpha value is -2.89. The van der Waals surface area contributed by atoms with Gasteiger partial charge in [0, 0.05) is 37.4 Å². The number of benzene rings is 2. The quantitative estimate of drug-likeness (QED) is 0.869. The summed E-state index contributed by atoms with van der Waals surface area (Å²) in [4.78, 5) is 27.2. The highest BCUT2D eigenvalue weighted by Crippen LogP contribution is 2.33. The van der Waals surface area contributed by atoms with Crippen LogP contribution >= 0.6 is 0 Å². The van der Waals surface area contributed by atoms with Gasteiger partial charge in [0.2, 0.25) is 5.91 Å². The van der Waals surface area contributed by atoms with Crippen molar-refractivity contribution in [3.63, 3.8) is 0 Å². The molecule has 0 saturated carbocycles. The Kier molecular flexibility index (Phi) is 4.70. The Morgan fingerprint density at radius 3 is 2.12 bits per heavy atom. The van der Waals surface area contributed by atoms with Crippen molar-refractivity contribution >= 4 is 23.0 Å². The predicted molar refractivity (Wildman–Crippen MR) is 101 cm³/mol. The first-order chi connectivity index (χ1) is 12.0. The molecule has 25 heavy (non-hydrogen) atoms. The van der Waals surface area contributed by atoms with Gasteiger partial charge < -0.3 is 15.5 Å². The second kappa shape index (κ2) is 6.93. The topological polar surface area (TPSA) is 79.0 Å². The molecule has 0 unspecified atom stereocenters. The van der Waals surface area contributed by atoms with Crippen LogP contribution in [0.3, 0.4) is 0 Å². The SMILES string of the molecule is Cc1cc(N2CCN(c3ccccc3C)CC2)c(N=O)cc1C(N)=O. The molecule has 1 aliphatic heterocycles. The second-order valence-corrected chi connectivity index (χ2v) is 6.37. The molecule has 0 spiro atoms. The van der Waals surface area contributed by atoms with Gasteiger partial charge in [-0.05, 0) is 48.4 Å². The summed E-state index contributed by atoms with van der Waals surface area (Å²) < 4.78 is 0. The standard InChI is InChI=1S/C19H22N4O2/c1-13-5-3-4-6-17(13)22-7-9-23(10-8-22)18-11-14(2)15(19(20)24)12-16(18)21-25/h3-6,11-12H,7-10H2,1-2H3,(H2,20,24). The maximum Gasteiger partial charge on any atom is 0.249 e. The monoisotopic (exact) mass is 338 g/mol. The molecule has 3 rings (SSSR count). The summed E-state index contributed by atoms with van der Waals surface area (Å²) in [7, 11) is 0. The first-order valence-corrected chi connectivity index (χ1v) is 8.34. The Labute approximate surface area is 147 Å². The number of aryl methyl sites for hydroxylation is 2. The summed E-state index contributed by atoms with van der Waals surface area (Å²) in [6.07, 6.45) is 0. The zero-order chi connectivity index (χ0) is 18.0. The largest absolute Gasteiger partial charge is 0.368 e. The number of carbonyl (C=O) groups excluding carboxylic acids is 1. The van der Waals surface area contributed by atoms with E-state index in [1.807, 2.05) is 19.1 Å². The Morgan fingerprint density at radius 2 is 1.56 bits per heavy atom. The van der Waals surface area contributed by atoms with Crippen LogP contribution in [0.4, 0.5) is 17.1 Å².